The van der Waals surface area contributed by atoms with E-state index in [1.165, 1.54) is 49.1 Å². The first-order valence-corrected chi connectivity index (χ1v) is 13.1. The molecule has 0 aliphatic heterocycles. The monoisotopic (exact) mass is 519 g/mol. The van der Waals surface area contributed by atoms with E-state index in [1.807, 2.05) is 32.1 Å². The number of hydrogen-bond donors (Lipinski definition) is 2. The number of anilines is 1. The van der Waals surface area contributed by atoms with Gasteiger partial charge >= 0.3 is 11.9 Å². The SMILES string of the molecule is CCC(=O)Oc1ccc(NC(=O)C=C(C)C=CC=C(C)C=CC2=C(C)CCCC2(C)C)c(C(C)C(=O)O)c1. The average molecular weight is 520 g/mol. The van der Waals surface area contributed by atoms with Crippen molar-refractivity contribution in [1.29, 1.82) is 0 Å². The Kier molecular flexibility index (Phi) is 11.1. The molecule has 38 heavy (non-hydrogen) atoms. The standard InChI is InChI=1S/C32H41NO5/c1-8-30(35)38-25-15-17-28(26(20-25)24(5)31(36)37)33-29(34)19-22(3)12-9-11-21(2)14-16-27-23(4)13-10-18-32(27,6)7/h9,11-12,14-17,19-20,24H,8,10,13,18H2,1-7H3,(H,33,34)(H,36,37). The smallest absolute Gasteiger partial charge is 0.310 e. The molecule has 204 valence electrons. The molecular weight excluding hydrogens is 478 g/mol. The molecule has 0 fully saturated rings. The summed E-state index contributed by atoms with van der Waals surface area (Å²) >= 11 is 0. The zero-order valence-corrected chi connectivity index (χ0v) is 23.7. The van der Waals surface area contributed by atoms with Crippen LogP contribution in [0.1, 0.15) is 85.6 Å². The molecule has 0 heterocycles. The lowest BCUT2D eigenvalue weighted by atomic mass is 9.72. The number of esters is 1. The van der Waals surface area contributed by atoms with Gasteiger partial charge in [0.25, 0.3) is 0 Å². The molecule has 2 rings (SSSR count). The Bertz CT molecular complexity index is 1210. The fraction of sp³-hybridized carbons (Fsp3) is 0.406. The molecule has 0 saturated heterocycles. The van der Waals surface area contributed by atoms with Crippen molar-refractivity contribution in [2.45, 2.75) is 80.1 Å². The molecule has 1 aromatic carbocycles. The van der Waals surface area contributed by atoms with E-state index in [4.69, 9.17) is 4.74 Å². The van der Waals surface area contributed by atoms with Gasteiger partial charge in [-0.2, -0.15) is 0 Å². The number of aliphatic carboxylic acids is 1. The number of amides is 1. The fourth-order valence-electron chi connectivity index (χ4n) is 4.47. The first kappa shape index (κ1) is 30.6. The minimum absolute atomic E-state index is 0.195. The third kappa shape index (κ3) is 9.02. The quantitative estimate of drug-likeness (QED) is 0.143. The van der Waals surface area contributed by atoms with Crippen LogP contribution in [0, 0.1) is 5.41 Å². The second kappa shape index (κ2) is 13.8. The van der Waals surface area contributed by atoms with Crippen molar-refractivity contribution >= 4 is 23.5 Å². The Balaban J connectivity index is 2.12. The van der Waals surface area contributed by atoms with Gasteiger partial charge in [0.15, 0.2) is 0 Å². The molecule has 0 radical (unpaired) electrons. The lowest BCUT2D eigenvalue weighted by Gasteiger charge is -2.32. The highest BCUT2D eigenvalue weighted by molar-refractivity contribution is 6.01. The topological polar surface area (TPSA) is 92.7 Å². The van der Waals surface area contributed by atoms with Gasteiger partial charge < -0.3 is 15.2 Å². The van der Waals surface area contributed by atoms with Gasteiger partial charge in [0.2, 0.25) is 5.91 Å². The molecule has 1 aromatic rings. The molecule has 1 aliphatic rings. The lowest BCUT2D eigenvalue weighted by molar-refractivity contribution is -0.138. The number of carboxylic acids is 1. The number of carbonyl (C=O) groups is 3. The van der Waals surface area contributed by atoms with Gasteiger partial charge in [-0.3, -0.25) is 14.4 Å². The van der Waals surface area contributed by atoms with Gasteiger partial charge in [0.05, 0.1) is 5.92 Å². The van der Waals surface area contributed by atoms with Crippen molar-refractivity contribution in [3.8, 4) is 5.75 Å². The van der Waals surface area contributed by atoms with E-state index >= 15 is 0 Å². The number of carboxylic acid groups (broad SMARTS) is 1. The summed E-state index contributed by atoms with van der Waals surface area (Å²) in [4.78, 5) is 35.9. The van der Waals surface area contributed by atoms with Gasteiger partial charge in [-0.25, -0.2) is 0 Å². The van der Waals surface area contributed by atoms with Crippen molar-refractivity contribution in [1.82, 2.24) is 0 Å². The molecule has 1 aliphatic carbocycles. The van der Waals surface area contributed by atoms with Crippen LogP contribution in [0.25, 0.3) is 0 Å². The summed E-state index contributed by atoms with van der Waals surface area (Å²) in [5.41, 5.74) is 5.63. The van der Waals surface area contributed by atoms with Crippen molar-refractivity contribution in [2.75, 3.05) is 5.32 Å². The maximum atomic E-state index is 12.7. The number of hydrogen-bond acceptors (Lipinski definition) is 4. The molecule has 0 spiro atoms. The van der Waals surface area contributed by atoms with Crippen LogP contribution in [0.5, 0.6) is 5.75 Å². The molecule has 1 unspecified atom stereocenters. The van der Waals surface area contributed by atoms with Gasteiger partial charge in [0, 0.05) is 18.2 Å². The van der Waals surface area contributed by atoms with Crippen LogP contribution in [-0.4, -0.2) is 23.0 Å². The van der Waals surface area contributed by atoms with E-state index in [9.17, 15) is 19.5 Å². The third-order valence-corrected chi connectivity index (χ3v) is 6.77. The third-order valence-electron chi connectivity index (χ3n) is 6.77. The van der Waals surface area contributed by atoms with E-state index < -0.39 is 17.9 Å². The first-order chi connectivity index (χ1) is 17.8. The minimum atomic E-state index is -1.05. The largest absolute Gasteiger partial charge is 0.481 e. The van der Waals surface area contributed by atoms with E-state index in [0.29, 0.717) is 11.3 Å². The Morgan fingerprint density at radius 2 is 1.87 bits per heavy atom. The highest BCUT2D eigenvalue weighted by Crippen LogP contribution is 2.40. The van der Waals surface area contributed by atoms with E-state index in [-0.39, 0.29) is 23.5 Å². The van der Waals surface area contributed by atoms with E-state index in [1.54, 1.807) is 13.0 Å². The molecule has 0 saturated carbocycles. The summed E-state index contributed by atoms with van der Waals surface area (Å²) in [5.74, 6) is -2.53. The average Bonchev–Trinajstić information content (AvgIpc) is 2.83. The van der Waals surface area contributed by atoms with Crippen LogP contribution in [-0.2, 0) is 14.4 Å². The molecule has 0 bridgehead atoms. The number of benzene rings is 1. The zero-order valence-electron chi connectivity index (χ0n) is 23.7. The van der Waals surface area contributed by atoms with Crippen molar-refractivity contribution < 1.29 is 24.2 Å². The fourth-order valence-corrected chi connectivity index (χ4v) is 4.47. The molecule has 0 aromatic heterocycles. The Labute approximate surface area is 226 Å². The van der Waals surface area contributed by atoms with Gasteiger partial charge in [-0.05, 0) is 87.3 Å². The van der Waals surface area contributed by atoms with Crippen LogP contribution in [0.3, 0.4) is 0 Å². The summed E-state index contributed by atoms with van der Waals surface area (Å²) in [6.45, 7) is 13.9. The zero-order chi connectivity index (χ0) is 28.5. The van der Waals surface area contributed by atoms with Crippen molar-refractivity contribution in [3.63, 3.8) is 0 Å². The summed E-state index contributed by atoms with van der Waals surface area (Å²) in [6.07, 6.45) is 15.4. The van der Waals surface area contributed by atoms with Crippen LogP contribution >= 0.6 is 0 Å². The van der Waals surface area contributed by atoms with Crippen LogP contribution in [0.2, 0.25) is 0 Å². The first-order valence-electron chi connectivity index (χ1n) is 13.1. The Morgan fingerprint density at radius 1 is 1.16 bits per heavy atom. The number of rotatable bonds is 10. The molecule has 6 nitrogen and oxygen atoms in total. The minimum Gasteiger partial charge on any atom is -0.481 e. The Hall–Kier alpha value is -3.67. The van der Waals surface area contributed by atoms with E-state index in [2.05, 4.69) is 38.2 Å². The van der Waals surface area contributed by atoms with Crippen molar-refractivity contribution in [3.05, 3.63) is 82.5 Å². The van der Waals surface area contributed by atoms with Gasteiger partial charge in [0.1, 0.15) is 5.75 Å². The highest BCUT2D eigenvalue weighted by Gasteiger charge is 2.26. The predicted octanol–water partition coefficient (Wildman–Crippen LogP) is 7.66. The summed E-state index contributed by atoms with van der Waals surface area (Å²) < 4.78 is 5.21. The van der Waals surface area contributed by atoms with Gasteiger partial charge in [-0.15, -0.1) is 0 Å². The van der Waals surface area contributed by atoms with Crippen LogP contribution < -0.4 is 10.1 Å². The van der Waals surface area contributed by atoms with Crippen molar-refractivity contribution in [2.24, 2.45) is 5.41 Å². The highest BCUT2D eigenvalue weighted by atomic mass is 16.5. The summed E-state index contributed by atoms with van der Waals surface area (Å²) in [7, 11) is 0. The molecular formula is C32H41NO5. The maximum Gasteiger partial charge on any atom is 0.310 e. The predicted molar refractivity (Wildman–Crippen MR) is 153 cm³/mol. The van der Waals surface area contributed by atoms with Crippen LogP contribution in [0.4, 0.5) is 5.69 Å². The number of allylic oxidation sites excluding steroid dienone is 9. The molecule has 1 atom stereocenters. The number of carbonyl (C=O) groups excluding carboxylic acids is 2. The van der Waals surface area contributed by atoms with E-state index in [0.717, 1.165) is 17.6 Å². The van der Waals surface area contributed by atoms with Crippen LogP contribution in [0.15, 0.2) is 76.9 Å². The molecule has 1 amide bonds. The summed E-state index contributed by atoms with van der Waals surface area (Å²) in [5, 5.41) is 12.3. The maximum absolute atomic E-state index is 12.7. The molecule has 2 N–H and O–H groups in total. The number of nitrogens with one attached hydrogen (secondary N) is 1. The second-order valence-corrected chi connectivity index (χ2v) is 10.5. The van der Waals surface area contributed by atoms with Gasteiger partial charge in [-0.1, -0.05) is 62.3 Å². The lowest BCUT2D eigenvalue weighted by Crippen LogP contribution is -2.19. The number of ether oxygens (including phenoxy) is 1. The second-order valence-electron chi connectivity index (χ2n) is 10.5. The Morgan fingerprint density at radius 3 is 2.50 bits per heavy atom. The normalized spacial score (nSPS) is 17.1. The molecule has 6 heteroatoms. The summed E-state index contributed by atoms with van der Waals surface area (Å²) in [6, 6.07) is 4.56.